The fourth-order valence-corrected chi connectivity index (χ4v) is 2.66. The molecule has 2 aromatic carbocycles. The first-order valence-electron chi connectivity index (χ1n) is 6.32. The molecule has 0 unspecified atom stereocenters. The van der Waals surface area contributed by atoms with E-state index in [-0.39, 0.29) is 17.6 Å². The highest BCUT2D eigenvalue weighted by Gasteiger charge is 2.31. The van der Waals surface area contributed by atoms with E-state index in [1.54, 1.807) is 0 Å². The van der Waals surface area contributed by atoms with Gasteiger partial charge in [-0.1, -0.05) is 36.4 Å². The highest BCUT2D eigenvalue weighted by atomic mass is 35.5. The molecule has 0 aromatic heterocycles. The highest BCUT2D eigenvalue weighted by Crippen LogP contribution is 2.51. The normalized spacial score (nSPS) is 10.8. The second-order valence-electron chi connectivity index (χ2n) is 5.24. The molecule has 108 valence electrons. The second-order valence-corrected chi connectivity index (χ2v) is 7.46. The van der Waals surface area contributed by atoms with Crippen LogP contribution in [0.1, 0.15) is 20.8 Å². The number of benzene rings is 2. The zero-order valence-electron chi connectivity index (χ0n) is 11.9. The van der Waals surface area contributed by atoms with Crippen molar-refractivity contribution in [3.8, 4) is 11.5 Å². The topological polar surface area (TPSA) is 18.5 Å². The molecule has 0 heterocycles. The van der Waals surface area contributed by atoms with E-state index in [1.807, 2.05) is 60.7 Å². The molecule has 0 saturated carbocycles. The maximum Gasteiger partial charge on any atom is 0.296 e. The highest BCUT2D eigenvalue weighted by molar-refractivity contribution is 7.49. The van der Waals surface area contributed by atoms with Crippen molar-refractivity contribution in [3.05, 3.63) is 60.7 Å². The molecule has 0 aliphatic rings. The van der Waals surface area contributed by atoms with Gasteiger partial charge < -0.3 is 9.05 Å². The van der Waals surface area contributed by atoms with Gasteiger partial charge in [-0.3, -0.25) is 0 Å². The summed E-state index contributed by atoms with van der Waals surface area (Å²) in [5.41, 5.74) is 0. The van der Waals surface area contributed by atoms with Crippen molar-refractivity contribution >= 4 is 20.8 Å². The predicted octanol–water partition coefficient (Wildman–Crippen LogP) is 5.68. The lowest BCUT2D eigenvalue weighted by atomic mass is 10.3. The monoisotopic (exact) mass is 310 g/mol. The van der Waals surface area contributed by atoms with Crippen molar-refractivity contribution in [2.24, 2.45) is 0 Å². The van der Waals surface area contributed by atoms with Crippen LogP contribution in [-0.2, 0) is 0 Å². The van der Waals surface area contributed by atoms with Crippen LogP contribution in [0.3, 0.4) is 0 Å². The Balaban J connectivity index is 0.00000200. The van der Waals surface area contributed by atoms with E-state index >= 15 is 0 Å². The Morgan fingerprint density at radius 3 is 1.35 bits per heavy atom. The summed E-state index contributed by atoms with van der Waals surface area (Å²) in [7, 11) is -1.05. The molecular formula is C16H20ClO2P. The Hall–Kier alpha value is -1.24. The minimum Gasteiger partial charge on any atom is -0.438 e. The summed E-state index contributed by atoms with van der Waals surface area (Å²) in [6, 6.07) is 19.6. The summed E-state index contributed by atoms with van der Waals surface area (Å²) in [4.78, 5) is 0. The smallest absolute Gasteiger partial charge is 0.296 e. The first kappa shape index (κ1) is 16.8. The average molecular weight is 311 g/mol. The Morgan fingerprint density at radius 1 is 0.700 bits per heavy atom. The van der Waals surface area contributed by atoms with E-state index < -0.39 is 8.38 Å². The molecule has 0 N–H and O–H groups in total. The predicted molar refractivity (Wildman–Crippen MR) is 88.1 cm³/mol. The Kier molecular flexibility index (Phi) is 6.32. The number of para-hydroxylation sites is 2. The largest absolute Gasteiger partial charge is 0.438 e. The van der Waals surface area contributed by atoms with Crippen LogP contribution in [0, 0.1) is 0 Å². The van der Waals surface area contributed by atoms with E-state index in [1.165, 1.54) is 0 Å². The molecule has 0 radical (unpaired) electrons. The van der Waals surface area contributed by atoms with Crippen LogP contribution in [0.25, 0.3) is 0 Å². The van der Waals surface area contributed by atoms with Crippen LogP contribution in [0.15, 0.2) is 60.7 Å². The lowest BCUT2D eigenvalue weighted by Crippen LogP contribution is -2.18. The molecular weight excluding hydrogens is 291 g/mol. The minimum atomic E-state index is -1.05. The maximum absolute atomic E-state index is 6.03. The molecule has 2 aromatic rings. The van der Waals surface area contributed by atoms with Crippen LogP contribution in [-0.4, -0.2) is 5.16 Å². The molecule has 0 aliphatic heterocycles. The van der Waals surface area contributed by atoms with Gasteiger partial charge in [0.15, 0.2) is 0 Å². The van der Waals surface area contributed by atoms with Crippen LogP contribution in [0.2, 0.25) is 0 Å². The molecule has 0 saturated heterocycles. The molecule has 2 rings (SSSR count). The van der Waals surface area contributed by atoms with Crippen LogP contribution in [0.5, 0.6) is 11.5 Å². The van der Waals surface area contributed by atoms with Crippen LogP contribution >= 0.6 is 20.8 Å². The standard InChI is InChI=1S/C16H19O2P.ClH/c1-16(2,3)19(17-14-10-6-4-7-11-14)18-15-12-8-5-9-13-15;/h4-13H,1-3H3;1H. The van der Waals surface area contributed by atoms with Crippen LogP contribution < -0.4 is 9.05 Å². The van der Waals surface area contributed by atoms with E-state index in [0.717, 1.165) is 11.5 Å². The van der Waals surface area contributed by atoms with Crippen molar-refractivity contribution < 1.29 is 9.05 Å². The Morgan fingerprint density at radius 2 is 1.05 bits per heavy atom. The summed E-state index contributed by atoms with van der Waals surface area (Å²) in [5.74, 6) is 1.69. The second kappa shape index (κ2) is 7.52. The minimum absolute atomic E-state index is 0. The Labute approximate surface area is 128 Å². The molecule has 4 heteroatoms. The van der Waals surface area contributed by atoms with Gasteiger partial charge in [-0.25, -0.2) is 0 Å². The molecule has 0 spiro atoms. The first-order chi connectivity index (χ1) is 9.05. The lowest BCUT2D eigenvalue weighted by molar-refractivity contribution is 0.455. The van der Waals surface area contributed by atoms with Crippen molar-refractivity contribution in [3.63, 3.8) is 0 Å². The summed E-state index contributed by atoms with van der Waals surface area (Å²) < 4.78 is 12.1. The Bertz CT molecular complexity index is 455. The fourth-order valence-electron chi connectivity index (χ4n) is 1.45. The summed E-state index contributed by atoms with van der Waals surface area (Å²) in [5, 5.41) is -0.0545. The average Bonchev–Trinajstić information content (AvgIpc) is 2.39. The van der Waals surface area contributed by atoms with Gasteiger partial charge in [0.1, 0.15) is 11.5 Å². The van der Waals surface area contributed by atoms with Gasteiger partial charge >= 0.3 is 0 Å². The maximum atomic E-state index is 6.03. The van der Waals surface area contributed by atoms with E-state index in [9.17, 15) is 0 Å². The number of hydrogen-bond acceptors (Lipinski definition) is 2. The molecule has 2 nitrogen and oxygen atoms in total. The van der Waals surface area contributed by atoms with E-state index in [2.05, 4.69) is 20.8 Å². The van der Waals surface area contributed by atoms with Gasteiger partial charge in [0.2, 0.25) is 0 Å². The van der Waals surface area contributed by atoms with Crippen molar-refractivity contribution in [1.29, 1.82) is 0 Å². The van der Waals surface area contributed by atoms with Gasteiger partial charge in [-0.05, 0) is 45.0 Å². The zero-order chi connectivity index (χ0) is 13.7. The van der Waals surface area contributed by atoms with E-state index in [4.69, 9.17) is 9.05 Å². The number of rotatable bonds is 4. The third kappa shape index (κ3) is 5.03. The van der Waals surface area contributed by atoms with Crippen LogP contribution in [0.4, 0.5) is 0 Å². The molecule has 0 bridgehead atoms. The first-order valence-corrected chi connectivity index (χ1v) is 7.50. The van der Waals surface area contributed by atoms with Gasteiger partial charge in [0.25, 0.3) is 8.38 Å². The summed E-state index contributed by atoms with van der Waals surface area (Å²) >= 11 is 0. The molecule has 0 fully saturated rings. The third-order valence-corrected chi connectivity index (χ3v) is 4.26. The van der Waals surface area contributed by atoms with Gasteiger partial charge in [0, 0.05) is 0 Å². The molecule has 20 heavy (non-hydrogen) atoms. The lowest BCUT2D eigenvalue weighted by Gasteiger charge is -2.29. The van der Waals surface area contributed by atoms with Gasteiger partial charge in [-0.15, -0.1) is 12.4 Å². The van der Waals surface area contributed by atoms with Crippen molar-refractivity contribution in [2.45, 2.75) is 25.9 Å². The third-order valence-electron chi connectivity index (χ3n) is 2.41. The number of halogens is 1. The summed E-state index contributed by atoms with van der Waals surface area (Å²) in [6.45, 7) is 6.39. The molecule has 0 atom stereocenters. The van der Waals surface area contributed by atoms with Crippen molar-refractivity contribution in [2.75, 3.05) is 0 Å². The van der Waals surface area contributed by atoms with Crippen molar-refractivity contribution in [1.82, 2.24) is 0 Å². The SMILES string of the molecule is CC(C)(C)P(Oc1ccccc1)Oc1ccccc1.Cl. The van der Waals surface area contributed by atoms with Gasteiger partial charge in [-0.2, -0.15) is 0 Å². The zero-order valence-corrected chi connectivity index (χ0v) is 13.7. The molecule has 0 amide bonds. The fraction of sp³-hybridized carbons (Fsp3) is 0.250. The van der Waals surface area contributed by atoms with Gasteiger partial charge in [0.05, 0.1) is 5.16 Å². The number of hydrogen-bond donors (Lipinski definition) is 0. The quantitative estimate of drug-likeness (QED) is 0.677. The molecule has 0 aliphatic carbocycles. The van der Waals surface area contributed by atoms with E-state index in [0.29, 0.717) is 0 Å². The summed E-state index contributed by atoms with van der Waals surface area (Å²) in [6.07, 6.45) is 0.